The van der Waals surface area contributed by atoms with Crippen LogP contribution in [0.4, 0.5) is 0 Å². The van der Waals surface area contributed by atoms with Crippen LogP contribution in [0.5, 0.6) is 0 Å². The third-order valence-corrected chi connectivity index (χ3v) is 23.2. The van der Waals surface area contributed by atoms with Gasteiger partial charge >= 0.3 is 0 Å². The monoisotopic (exact) mass is 1460 g/mol. The molecule has 1 atom stereocenters. The molecule has 0 bridgehead atoms. The number of aromatic amines is 1. The van der Waals surface area contributed by atoms with Crippen LogP contribution in [0.1, 0.15) is 22.6 Å². The van der Waals surface area contributed by atoms with Crippen LogP contribution in [-0.4, -0.2) is 34.1 Å². The smallest absolute Gasteiger partial charge is 0.0979 e. The van der Waals surface area contributed by atoms with E-state index in [4.69, 9.17) is 31.5 Å². The lowest BCUT2D eigenvalue weighted by atomic mass is 9.89. The van der Waals surface area contributed by atoms with E-state index >= 15 is 0 Å². The van der Waals surface area contributed by atoms with Crippen LogP contribution in [-0.2, 0) is 0 Å². The molecule has 8 heteroatoms. The summed E-state index contributed by atoms with van der Waals surface area (Å²) in [4.78, 5) is 23.6. The lowest BCUT2D eigenvalue weighted by Crippen LogP contribution is -1.98. The molecule has 0 aliphatic heterocycles. The molecule has 0 spiro atoms. The minimum absolute atomic E-state index is 0.243. The maximum atomic E-state index is 6.00. The van der Waals surface area contributed by atoms with E-state index in [0.717, 1.165) is 71.8 Å². The average Bonchev–Trinajstić information content (AvgIpc) is 1.34. The lowest BCUT2D eigenvalue weighted by molar-refractivity contribution is 1.02. The molecule has 1 unspecified atom stereocenters. The highest BCUT2D eigenvalue weighted by Gasteiger charge is 2.30. The Labute approximate surface area is 655 Å². The van der Waals surface area contributed by atoms with Gasteiger partial charge in [0.15, 0.2) is 0 Å². The number of nitrogens with zero attached hydrogens (tertiary/aromatic N) is 6. The molecule has 24 rings (SSSR count). The molecule has 0 saturated carbocycles. The summed E-state index contributed by atoms with van der Waals surface area (Å²) in [5.41, 5.74) is 28.6. The van der Waals surface area contributed by atoms with Crippen LogP contribution < -0.4 is 0 Å². The van der Waals surface area contributed by atoms with Crippen molar-refractivity contribution in [3.05, 3.63) is 410 Å². The number of fused-ring (bicyclic) bond motifs is 24. The van der Waals surface area contributed by atoms with Crippen LogP contribution in [0.2, 0.25) is 5.02 Å². The van der Waals surface area contributed by atoms with Crippen molar-refractivity contribution in [1.82, 2.24) is 34.1 Å². The van der Waals surface area contributed by atoms with E-state index in [1.807, 2.05) is 48.8 Å². The van der Waals surface area contributed by atoms with Crippen LogP contribution in [0.25, 0.3) is 198 Å². The molecule has 113 heavy (non-hydrogen) atoms. The molecule has 528 valence electrons. The van der Waals surface area contributed by atoms with Crippen molar-refractivity contribution in [2.24, 2.45) is 0 Å². The van der Waals surface area contributed by atoms with Gasteiger partial charge in [0.1, 0.15) is 0 Å². The molecular formula is C105H66ClN7. The Balaban J connectivity index is 0.000000115. The SMILES string of the molecule is Clc1ccc(-c2cnc3c4ccccc4c4ccccc4c3n2)cc1.c1ccc(-n2c3ccccc3c3cc(-c4ccc5[nH]c6ccccc6c5c4)ccc32)cc1.c1ccc(C2c3ccccc3-c3cc(-c4ccc5c(c4)c4ccccc4n5-c4cccc(-c5cnc6c7ccccc7c7ccccc7c6n5)c4)ccc32)cc1. The van der Waals surface area contributed by atoms with Crippen molar-refractivity contribution in [3.63, 3.8) is 0 Å². The molecule has 0 amide bonds. The van der Waals surface area contributed by atoms with E-state index in [-0.39, 0.29) is 5.92 Å². The number of benzene rings is 18. The Hall–Kier alpha value is -14.6. The summed E-state index contributed by atoms with van der Waals surface area (Å²) in [5, 5.41) is 17.6. The molecule has 18 aromatic carbocycles. The van der Waals surface area contributed by atoms with Gasteiger partial charge in [-0.15, -0.1) is 0 Å². The summed E-state index contributed by atoms with van der Waals surface area (Å²) in [6.45, 7) is 0. The van der Waals surface area contributed by atoms with Crippen molar-refractivity contribution in [2.75, 3.05) is 0 Å². The molecule has 0 saturated heterocycles. The van der Waals surface area contributed by atoms with Gasteiger partial charge in [-0.3, -0.25) is 9.97 Å². The second-order valence-corrected chi connectivity index (χ2v) is 29.7. The Morgan fingerprint density at radius 1 is 0.248 bits per heavy atom. The predicted molar refractivity (Wildman–Crippen MR) is 473 cm³/mol. The standard InChI is InChI=1S/C53H33N3.C30H20N2.C22H13ClN2/c1-2-13-33(14-3-1)51-42-21-7-4-19-40(42)46-30-34(25-27-43(46)51)35-26-28-50-47(31-35)41-20-10-11-24-49(41)56(50)37-16-12-15-36(29-37)48-32-54-52-44-22-8-5-17-38(44)39-18-6-9-23-45(39)53(52)55-48;1-2-8-22(9-3-1)32-29-13-7-5-11-24(29)26-19-21(15-17-30(26)32)20-14-16-28-25(18-20)23-10-4-6-12-27(23)31-28;23-15-11-9-14(10-12-15)20-13-24-21-18-7-3-1-5-16(18)17-6-2-4-8-19(17)22(21)25-20/h1-32,51H;1-19,31H;1-13H. The molecule has 1 aliphatic rings. The minimum Gasteiger partial charge on any atom is -0.355 e. The van der Waals surface area contributed by atoms with Gasteiger partial charge in [0, 0.05) is 98.3 Å². The first-order valence-corrected chi connectivity index (χ1v) is 38.7. The molecular weight excluding hydrogens is 1390 g/mol. The van der Waals surface area contributed by atoms with Crippen molar-refractivity contribution in [1.29, 1.82) is 0 Å². The van der Waals surface area contributed by atoms with E-state index < -0.39 is 0 Å². The number of nitrogens with one attached hydrogen (secondary N) is 1. The number of hydrogen-bond donors (Lipinski definition) is 1. The quantitative estimate of drug-likeness (QED) is 0.161. The number of rotatable bonds is 7. The summed E-state index contributed by atoms with van der Waals surface area (Å²) in [7, 11) is 0. The normalized spacial score (nSPS) is 12.6. The molecule has 5 aromatic heterocycles. The zero-order chi connectivity index (χ0) is 74.6. The predicted octanol–water partition coefficient (Wildman–Crippen LogP) is 27.9. The molecule has 7 nitrogen and oxygen atoms in total. The Morgan fingerprint density at radius 3 is 1.25 bits per heavy atom. The summed E-state index contributed by atoms with van der Waals surface area (Å²) >= 11 is 6.00. The molecule has 1 aliphatic carbocycles. The van der Waals surface area contributed by atoms with Gasteiger partial charge in [0.05, 0.1) is 67.9 Å². The second kappa shape index (κ2) is 26.9. The fourth-order valence-corrected chi connectivity index (χ4v) is 17.9. The van der Waals surface area contributed by atoms with Gasteiger partial charge in [0.2, 0.25) is 0 Å². The summed E-state index contributed by atoms with van der Waals surface area (Å²) in [6, 6.07) is 134. The van der Waals surface area contributed by atoms with Crippen LogP contribution >= 0.6 is 11.6 Å². The van der Waals surface area contributed by atoms with Crippen molar-refractivity contribution < 1.29 is 0 Å². The van der Waals surface area contributed by atoms with Crippen LogP contribution in [0.3, 0.4) is 0 Å². The van der Waals surface area contributed by atoms with E-state index in [1.165, 1.54) is 143 Å². The largest absolute Gasteiger partial charge is 0.355 e. The highest BCUT2D eigenvalue weighted by atomic mass is 35.5. The van der Waals surface area contributed by atoms with Gasteiger partial charge in [-0.05, 0) is 169 Å². The van der Waals surface area contributed by atoms with E-state index in [1.54, 1.807) is 0 Å². The zero-order valence-corrected chi connectivity index (χ0v) is 61.8. The third kappa shape index (κ3) is 11.0. The van der Waals surface area contributed by atoms with Gasteiger partial charge in [-0.1, -0.05) is 291 Å². The fraction of sp³-hybridized carbons (Fsp3) is 0.00952. The van der Waals surface area contributed by atoms with Gasteiger partial charge in [-0.2, -0.15) is 0 Å². The van der Waals surface area contributed by atoms with E-state index in [2.05, 4.69) is 354 Å². The molecule has 1 N–H and O–H groups in total. The van der Waals surface area contributed by atoms with Gasteiger partial charge < -0.3 is 14.1 Å². The maximum Gasteiger partial charge on any atom is 0.0979 e. The fourth-order valence-electron chi connectivity index (χ4n) is 17.8. The number of para-hydroxylation sites is 4. The third-order valence-electron chi connectivity index (χ3n) is 23.0. The summed E-state index contributed by atoms with van der Waals surface area (Å²) < 4.78 is 4.75. The van der Waals surface area contributed by atoms with Crippen molar-refractivity contribution in [3.8, 4) is 67.3 Å². The molecule has 0 radical (unpaired) electrons. The lowest BCUT2D eigenvalue weighted by Gasteiger charge is -2.14. The zero-order valence-electron chi connectivity index (χ0n) is 61.1. The van der Waals surface area contributed by atoms with Gasteiger partial charge in [0.25, 0.3) is 0 Å². The summed E-state index contributed by atoms with van der Waals surface area (Å²) in [6.07, 6.45) is 3.77. The molecule has 0 fully saturated rings. The molecule has 5 heterocycles. The summed E-state index contributed by atoms with van der Waals surface area (Å²) in [5.74, 6) is 0.243. The van der Waals surface area contributed by atoms with Crippen LogP contribution in [0, 0.1) is 0 Å². The first kappa shape index (κ1) is 65.5. The highest BCUT2D eigenvalue weighted by molar-refractivity contribution is 6.30. The minimum atomic E-state index is 0.243. The highest BCUT2D eigenvalue weighted by Crippen LogP contribution is 2.50. The Kier molecular flexibility index (Phi) is 15.6. The topological polar surface area (TPSA) is 77.2 Å². The average molecular weight is 1460 g/mol. The Bertz CT molecular complexity index is 7700. The Morgan fingerprint density at radius 2 is 0.655 bits per heavy atom. The van der Waals surface area contributed by atoms with Crippen molar-refractivity contribution in [2.45, 2.75) is 5.92 Å². The van der Waals surface area contributed by atoms with E-state index in [9.17, 15) is 0 Å². The first-order chi connectivity index (χ1) is 56.0. The number of hydrogen-bond acceptors (Lipinski definition) is 4. The maximum absolute atomic E-state index is 6.00. The number of halogens is 1. The molecule has 23 aromatic rings. The van der Waals surface area contributed by atoms with Crippen molar-refractivity contribution >= 4 is 142 Å². The number of aromatic nitrogens is 7. The van der Waals surface area contributed by atoms with E-state index in [0.29, 0.717) is 5.02 Å². The number of H-pyrrole nitrogens is 1. The van der Waals surface area contributed by atoms with Gasteiger partial charge in [-0.25, -0.2) is 9.97 Å². The van der Waals surface area contributed by atoms with Crippen LogP contribution in [0.15, 0.2) is 389 Å². The first-order valence-electron chi connectivity index (χ1n) is 38.4. The second-order valence-electron chi connectivity index (χ2n) is 29.3.